The number of imidazole rings is 1. The quantitative estimate of drug-likeness (QED) is 0.670. The number of aromatic nitrogens is 4. The van der Waals surface area contributed by atoms with Gasteiger partial charge in [-0.05, 0) is 26.0 Å². The predicted molar refractivity (Wildman–Crippen MR) is 106 cm³/mol. The van der Waals surface area contributed by atoms with Gasteiger partial charge in [0, 0.05) is 26.3 Å². The minimum atomic E-state index is -0.401. The van der Waals surface area contributed by atoms with Crippen LogP contribution in [0.4, 0.5) is 5.69 Å². The van der Waals surface area contributed by atoms with Crippen LogP contribution in [0.5, 0.6) is 0 Å². The van der Waals surface area contributed by atoms with Gasteiger partial charge in [0.05, 0.1) is 5.75 Å². The summed E-state index contributed by atoms with van der Waals surface area (Å²) >= 11 is 1.22. The van der Waals surface area contributed by atoms with Crippen molar-refractivity contribution in [1.82, 2.24) is 18.7 Å². The van der Waals surface area contributed by atoms with Crippen molar-refractivity contribution in [3.05, 3.63) is 50.7 Å². The zero-order valence-electron chi connectivity index (χ0n) is 15.6. The normalized spacial score (nSPS) is 11.1. The van der Waals surface area contributed by atoms with Gasteiger partial charge in [0.15, 0.2) is 16.3 Å². The maximum Gasteiger partial charge on any atom is 0.332 e. The van der Waals surface area contributed by atoms with Crippen molar-refractivity contribution in [1.29, 1.82) is 0 Å². The minimum Gasteiger partial charge on any atom is -0.325 e. The van der Waals surface area contributed by atoms with Crippen molar-refractivity contribution in [2.24, 2.45) is 14.1 Å². The molecule has 0 spiro atoms. The van der Waals surface area contributed by atoms with Crippen LogP contribution in [-0.2, 0) is 25.4 Å². The molecule has 0 unspecified atom stereocenters. The van der Waals surface area contributed by atoms with Gasteiger partial charge in [0.2, 0.25) is 5.91 Å². The minimum absolute atomic E-state index is 0.140. The standard InChI is InChI=1S/C18H21N5O3S/c1-5-23-16(25)14-15(22(4)18(23)26)20-17(21(14)3)27-10-13(24)19-12-8-6-11(2)7-9-12/h6-9H,5,10H2,1-4H3,(H,19,24). The lowest BCUT2D eigenvalue weighted by Crippen LogP contribution is -2.39. The molecule has 1 amide bonds. The third-order valence-electron chi connectivity index (χ3n) is 4.30. The maximum atomic E-state index is 12.6. The molecule has 1 N–H and O–H groups in total. The summed E-state index contributed by atoms with van der Waals surface area (Å²) in [4.78, 5) is 41.4. The van der Waals surface area contributed by atoms with E-state index in [2.05, 4.69) is 10.3 Å². The van der Waals surface area contributed by atoms with Gasteiger partial charge in [0.1, 0.15) is 0 Å². The number of benzene rings is 1. The zero-order chi connectivity index (χ0) is 19.7. The van der Waals surface area contributed by atoms with Crippen molar-refractivity contribution in [2.75, 3.05) is 11.1 Å². The van der Waals surface area contributed by atoms with E-state index in [1.54, 1.807) is 25.6 Å². The van der Waals surface area contributed by atoms with Crippen LogP contribution in [0.25, 0.3) is 11.2 Å². The Hall–Kier alpha value is -2.81. The van der Waals surface area contributed by atoms with E-state index < -0.39 is 5.69 Å². The monoisotopic (exact) mass is 387 g/mol. The lowest BCUT2D eigenvalue weighted by molar-refractivity contribution is -0.113. The molecule has 1 aromatic carbocycles. The number of hydrogen-bond acceptors (Lipinski definition) is 5. The van der Waals surface area contributed by atoms with Crippen LogP contribution in [0.2, 0.25) is 0 Å². The number of fused-ring (bicyclic) bond motifs is 1. The van der Waals surface area contributed by atoms with Crippen molar-refractivity contribution in [3.8, 4) is 0 Å². The SMILES string of the molecule is CCn1c(=O)c2c(nc(SCC(=O)Nc3ccc(C)cc3)n2C)n(C)c1=O. The second-order valence-corrected chi connectivity index (χ2v) is 7.16. The van der Waals surface area contributed by atoms with Crippen LogP contribution < -0.4 is 16.6 Å². The van der Waals surface area contributed by atoms with E-state index >= 15 is 0 Å². The van der Waals surface area contributed by atoms with Crippen LogP contribution in [0.15, 0.2) is 39.0 Å². The Balaban J connectivity index is 1.84. The zero-order valence-corrected chi connectivity index (χ0v) is 16.5. The third kappa shape index (κ3) is 3.55. The average Bonchev–Trinajstić information content (AvgIpc) is 2.97. The second-order valence-electron chi connectivity index (χ2n) is 6.22. The number of amides is 1. The maximum absolute atomic E-state index is 12.6. The molecule has 9 heteroatoms. The summed E-state index contributed by atoms with van der Waals surface area (Å²) in [6.07, 6.45) is 0. The first-order valence-electron chi connectivity index (χ1n) is 8.49. The summed E-state index contributed by atoms with van der Waals surface area (Å²) in [7, 11) is 3.29. The lowest BCUT2D eigenvalue weighted by Gasteiger charge is -2.06. The molecule has 27 heavy (non-hydrogen) atoms. The molecule has 2 heterocycles. The van der Waals surface area contributed by atoms with Gasteiger partial charge in [-0.2, -0.15) is 0 Å². The van der Waals surface area contributed by atoms with Crippen LogP contribution in [0, 0.1) is 6.92 Å². The summed E-state index contributed by atoms with van der Waals surface area (Å²) in [5, 5.41) is 3.33. The molecule has 0 fully saturated rings. The fourth-order valence-electron chi connectivity index (χ4n) is 2.80. The molecule has 2 aromatic heterocycles. The van der Waals surface area contributed by atoms with E-state index in [0.717, 1.165) is 11.3 Å². The van der Waals surface area contributed by atoms with Gasteiger partial charge in [-0.15, -0.1) is 0 Å². The number of carbonyl (C=O) groups excluding carboxylic acids is 1. The Kier molecular flexibility index (Phi) is 5.22. The summed E-state index contributed by atoms with van der Waals surface area (Å²) < 4.78 is 4.16. The molecule has 0 radical (unpaired) electrons. The van der Waals surface area contributed by atoms with Crippen LogP contribution in [0.3, 0.4) is 0 Å². The number of anilines is 1. The Morgan fingerprint density at radius 1 is 1.15 bits per heavy atom. The molecule has 0 bridgehead atoms. The molecule has 3 aromatic rings. The molecule has 142 valence electrons. The highest BCUT2D eigenvalue weighted by molar-refractivity contribution is 7.99. The molecule has 0 aliphatic heterocycles. The first-order valence-corrected chi connectivity index (χ1v) is 9.47. The summed E-state index contributed by atoms with van der Waals surface area (Å²) in [5.41, 5.74) is 1.73. The molecule has 8 nitrogen and oxygen atoms in total. The lowest BCUT2D eigenvalue weighted by atomic mass is 10.2. The molecular weight excluding hydrogens is 366 g/mol. The number of rotatable bonds is 5. The van der Waals surface area contributed by atoms with Gasteiger partial charge in [-0.1, -0.05) is 29.5 Å². The van der Waals surface area contributed by atoms with E-state index in [9.17, 15) is 14.4 Å². The number of carbonyl (C=O) groups is 1. The Morgan fingerprint density at radius 3 is 2.44 bits per heavy atom. The first-order chi connectivity index (χ1) is 12.8. The van der Waals surface area contributed by atoms with Crippen molar-refractivity contribution in [2.45, 2.75) is 25.5 Å². The third-order valence-corrected chi connectivity index (χ3v) is 5.33. The van der Waals surface area contributed by atoms with Gasteiger partial charge in [0.25, 0.3) is 5.56 Å². The van der Waals surface area contributed by atoms with Crippen LogP contribution in [0.1, 0.15) is 12.5 Å². The van der Waals surface area contributed by atoms with Crippen LogP contribution >= 0.6 is 11.8 Å². The first kappa shape index (κ1) is 19.0. The highest BCUT2D eigenvalue weighted by Gasteiger charge is 2.18. The molecule has 0 saturated carbocycles. The van der Waals surface area contributed by atoms with E-state index in [0.29, 0.717) is 16.3 Å². The number of nitrogens with one attached hydrogen (secondary N) is 1. The van der Waals surface area contributed by atoms with Crippen LogP contribution in [-0.4, -0.2) is 30.3 Å². The number of aryl methyl sites for hydroxylation is 3. The molecule has 0 aliphatic rings. The Bertz CT molecular complexity index is 1130. The fourth-order valence-corrected chi connectivity index (χ4v) is 3.56. The fraction of sp³-hybridized carbons (Fsp3) is 0.333. The largest absolute Gasteiger partial charge is 0.332 e. The van der Waals surface area contributed by atoms with Gasteiger partial charge >= 0.3 is 5.69 Å². The Labute approximate surface area is 159 Å². The summed E-state index contributed by atoms with van der Waals surface area (Å²) in [6.45, 7) is 4.01. The van der Waals surface area contributed by atoms with Gasteiger partial charge < -0.3 is 9.88 Å². The van der Waals surface area contributed by atoms with Gasteiger partial charge in [-0.3, -0.25) is 18.7 Å². The smallest absolute Gasteiger partial charge is 0.325 e. The molecular formula is C18H21N5O3S. The molecule has 0 atom stereocenters. The van der Waals surface area contributed by atoms with E-state index in [-0.39, 0.29) is 23.8 Å². The predicted octanol–water partition coefficient (Wildman–Crippen LogP) is 1.49. The van der Waals surface area contributed by atoms with Gasteiger partial charge in [-0.25, -0.2) is 9.78 Å². The van der Waals surface area contributed by atoms with E-state index in [1.807, 2.05) is 31.2 Å². The second kappa shape index (κ2) is 7.43. The average molecular weight is 387 g/mol. The van der Waals surface area contributed by atoms with Crippen molar-refractivity contribution in [3.63, 3.8) is 0 Å². The van der Waals surface area contributed by atoms with Crippen molar-refractivity contribution < 1.29 is 4.79 Å². The van der Waals surface area contributed by atoms with E-state index in [1.165, 1.54) is 20.9 Å². The Morgan fingerprint density at radius 2 is 1.81 bits per heavy atom. The van der Waals surface area contributed by atoms with Crippen molar-refractivity contribution >= 4 is 34.5 Å². The summed E-state index contributed by atoms with van der Waals surface area (Å²) in [6, 6.07) is 7.53. The molecule has 3 rings (SSSR count). The van der Waals surface area contributed by atoms with E-state index in [4.69, 9.17) is 0 Å². The molecule has 0 saturated heterocycles. The molecule has 0 aliphatic carbocycles. The number of nitrogens with zero attached hydrogens (tertiary/aromatic N) is 4. The summed E-state index contributed by atoms with van der Waals surface area (Å²) in [5.74, 6) is -0.0308. The highest BCUT2D eigenvalue weighted by Crippen LogP contribution is 2.20. The topological polar surface area (TPSA) is 90.9 Å². The number of hydrogen-bond donors (Lipinski definition) is 1. The number of thioether (sulfide) groups is 1. The highest BCUT2D eigenvalue weighted by atomic mass is 32.2.